The van der Waals surface area contributed by atoms with Crippen LogP contribution in [-0.4, -0.2) is 125 Å². The molecule has 12 nitrogen and oxygen atoms in total. The Morgan fingerprint density at radius 3 is 1.97 bits per heavy atom. The molecule has 1 saturated carbocycles. The summed E-state index contributed by atoms with van der Waals surface area (Å²) in [4.78, 5) is 25.4. The van der Waals surface area contributed by atoms with Crippen molar-refractivity contribution in [3.8, 4) is 10.6 Å². The second-order valence-corrected chi connectivity index (χ2v) is 14.7. The van der Waals surface area contributed by atoms with Crippen LogP contribution in [0.5, 0.6) is 0 Å². The summed E-state index contributed by atoms with van der Waals surface area (Å²) in [7, 11) is 1.65. The number of amides is 1. The van der Waals surface area contributed by atoms with Crippen LogP contribution >= 0.6 is 11.3 Å². The van der Waals surface area contributed by atoms with Gasteiger partial charge in [0, 0.05) is 91.5 Å². The topological polar surface area (TPSA) is 143 Å². The molecule has 2 N–H and O–H groups in total. The first-order chi connectivity index (χ1) is 27.8. The van der Waals surface area contributed by atoms with Gasteiger partial charge >= 0.3 is 0 Å². The number of rotatable bonds is 20. The predicted octanol–water partition coefficient (Wildman–Crippen LogP) is 8.71. The largest absolute Gasteiger partial charge is 0.699 e. The van der Waals surface area contributed by atoms with E-state index in [0.29, 0.717) is 64.5 Å². The second kappa shape index (κ2) is 31.4. The van der Waals surface area contributed by atoms with Gasteiger partial charge in [0.15, 0.2) is 0 Å². The van der Waals surface area contributed by atoms with E-state index in [-0.39, 0.29) is 44.2 Å². The third-order valence-electron chi connectivity index (χ3n) is 8.70. The molecule has 1 radical (unpaired) electrons. The monoisotopic (exact) mass is 899 g/mol. The van der Waals surface area contributed by atoms with E-state index in [0.717, 1.165) is 89.1 Å². The van der Waals surface area contributed by atoms with Gasteiger partial charge in [0.25, 0.3) is 0 Å². The van der Waals surface area contributed by atoms with E-state index in [4.69, 9.17) is 40.1 Å². The van der Waals surface area contributed by atoms with Crippen LogP contribution in [0.2, 0.25) is 0 Å². The SMILES string of the molecule is CCCOCCOCCOCCOCCOC.CCCc1ccnc2cc(-c3ccc(CN4CCN(C=O)CC4)cn3)sc12.Cc1ccc([NH-])cc1F.[NH-]C1CC1.[Y]. The Labute approximate surface area is 374 Å². The van der Waals surface area contributed by atoms with Crippen molar-refractivity contribution in [3.05, 3.63) is 88.8 Å². The minimum atomic E-state index is -0.303. The van der Waals surface area contributed by atoms with Gasteiger partial charge < -0.3 is 40.1 Å². The summed E-state index contributed by atoms with van der Waals surface area (Å²) in [5.74, 6) is -0.303. The molecular formula is C43H63FN6O6SY-2. The number of fused-ring (bicyclic) bond motifs is 1. The van der Waals surface area contributed by atoms with E-state index in [1.165, 1.54) is 26.8 Å². The molecule has 3 aromatic heterocycles. The number of aryl methyl sites for hydroxylation is 2. The van der Waals surface area contributed by atoms with Gasteiger partial charge in [0.2, 0.25) is 6.41 Å². The molecule has 2 fully saturated rings. The van der Waals surface area contributed by atoms with E-state index in [9.17, 15) is 9.18 Å². The minimum absolute atomic E-state index is 0. The number of hydrogen-bond acceptors (Lipinski definition) is 10. The Hall–Kier alpha value is -2.50. The number of nitrogens with zero attached hydrogens (tertiary/aromatic N) is 4. The van der Waals surface area contributed by atoms with Gasteiger partial charge in [0.05, 0.1) is 73.6 Å². The van der Waals surface area contributed by atoms with Crippen LogP contribution in [0.25, 0.3) is 32.3 Å². The zero-order valence-electron chi connectivity index (χ0n) is 34.9. The Morgan fingerprint density at radius 1 is 0.845 bits per heavy atom. The average molecular weight is 900 g/mol. The molecule has 0 bridgehead atoms. The van der Waals surface area contributed by atoms with Crippen LogP contribution in [0.4, 0.5) is 10.1 Å². The van der Waals surface area contributed by atoms with Crippen molar-refractivity contribution in [1.29, 1.82) is 0 Å². The van der Waals surface area contributed by atoms with Crippen molar-refractivity contribution < 1.29 is 65.6 Å². The van der Waals surface area contributed by atoms with Crippen molar-refractivity contribution in [2.24, 2.45) is 0 Å². The molecule has 0 unspecified atom stereocenters. The number of thiophene rings is 1. The first kappa shape index (κ1) is 51.6. The first-order valence-corrected chi connectivity index (χ1v) is 20.8. The number of pyridine rings is 2. The number of ether oxygens (including phenoxy) is 5. The molecule has 6 rings (SSSR count). The number of hydrogen-bond donors (Lipinski definition) is 0. The molecule has 15 heteroatoms. The Morgan fingerprint density at radius 2 is 1.47 bits per heavy atom. The van der Waals surface area contributed by atoms with Crippen molar-refractivity contribution in [2.75, 3.05) is 92.8 Å². The van der Waals surface area contributed by atoms with Crippen LogP contribution in [0, 0.1) is 12.7 Å². The van der Waals surface area contributed by atoms with Gasteiger partial charge in [-0.3, -0.25) is 19.7 Å². The van der Waals surface area contributed by atoms with Gasteiger partial charge in [-0.1, -0.05) is 51.3 Å². The maximum Gasteiger partial charge on any atom is 0.209 e. The standard InChI is InChI=1S/C21H24N4OS.C12H26O5.C7H7FN.C3H6N.Y/c1-2-3-17-6-7-22-19-12-20(27-21(17)19)18-5-4-16(13-23-18)14-24-8-10-25(15-26)11-9-24;1-3-4-14-7-8-16-11-12-17-10-9-15-6-5-13-2;1-5-2-3-6(9)4-7(5)8;4-3-1-2-3;/h4-7,12-13,15H,2-3,8-11,14H2,1H3;3-12H2,1-2H3;2-4,9H,1H3;3-4H,1-2H2;/q;;2*-1;. The number of aromatic nitrogens is 2. The maximum atomic E-state index is 12.5. The smallest absolute Gasteiger partial charge is 0.209 e. The summed E-state index contributed by atoms with van der Waals surface area (Å²) >= 11 is 1.79. The number of methoxy groups -OCH3 is 1. The summed E-state index contributed by atoms with van der Waals surface area (Å²) in [5, 5.41) is 0. The van der Waals surface area contributed by atoms with Crippen LogP contribution in [0.3, 0.4) is 0 Å². The molecule has 0 spiro atoms. The fourth-order valence-corrected chi connectivity index (χ4v) is 6.39. The van der Waals surface area contributed by atoms with Crippen molar-refractivity contribution in [1.82, 2.24) is 19.8 Å². The summed E-state index contributed by atoms with van der Waals surface area (Å²) < 4.78 is 39.7. The zero-order valence-corrected chi connectivity index (χ0v) is 38.5. The summed E-state index contributed by atoms with van der Waals surface area (Å²) in [5.41, 5.74) is 19.2. The average Bonchev–Trinajstić information content (AvgIpc) is 3.88. The number of carbonyl (C=O) groups excluding carboxylic acids is 1. The maximum absolute atomic E-state index is 12.5. The fourth-order valence-electron chi connectivity index (χ4n) is 5.26. The molecule has 4 aromatic rings. The van der Waals surface area contributed by atoms with Crippen molar-refractivity contribution >= 4 is 33.7 Å². The minimum Gasteiger partial charge on any atom is -0.699 e. The van der Waals surface area contributed by atoms with E-state index in [1.807, 2.05) is 17.3 Å². The quantitative estimate of drug-likeness (QED) is 0.0629. The fraction of sp³-hybridized carbons (Fsp3) is 0.558. The van der Waals surface area contributed by atoms with E-state index in [2.05, 4.69) is 48.0 Å². The molecule has 1 aliphatic carbocycles. The molecule has 0 atom stereocenters. The van der Waals surface area contributed by atoms with Crippen molar-refractivity contribution in [2.45, 2.75) is 65.5 Å². The summed E-state index contributed by atoms with van der Waals surface area (Å²) in [6, 6.07) is 13.3. The Bertz CT molecular complexity index is 1650. The molecule has 319 valence electrons. The normalized spacial score (nSPS) is 13.7. The third kappa shape index (κ3) is 21.7. The molecule has 1 saturated heterocycles. The number of benzene rings is 1. The Balaban J connectivity index is 0.000000318. The van der Waals surface area contributed by atoms with Crippen molar-refractivity contribution in [3.63, 3.8) is 0 Å². The Kier molecular flexibility index (Phi) is 27.9. The van der Waals surface area contributed by atoms with Gasteiger partial charge in [0.1, 0.15) is 5.82 Å². The van der Waals surface area contributed by atoms with Gasteiger partial charge in [-0.15, -0.1) is 23.1 Å². The second-order valence-electron chi connectivity index (χ2n) is 13.7. The molecule has 58 heavy (non-hydrogen) atoms. The van der Waals surface area contributed by atoms with E-state index in [1.54, 1.807) is 37.5 Å². The zero-order chi connectivity index (χ0) is 41.1. The molecule has 1 aliphatic heterocycles. The summed E-state index contributed by atoms with van der Waals surface area (Å²) in [6.07, 6.45) is 10.4. The van der Waals surface area contributed by atoms with Gasteiger partial charge in [-0.2, -0.15) is 0 Å². The number of piperazine rings is 1. The van der Waals surface area contributed by atoms with Crippen LogP contribution in [0.15, 0.2) is 54.9 Å². The molecule has 1 aromatic carbocycles. The predicted molar refractivity (Wildman–Crippen MR) is 228 cm³/mol. The first-order valence-electron chi connectivity index (χ1n) is 20.0. The molecule has 4 heterocycles. The van der Waals surface area contributed by atoms with Gasteiger partial charge in [-0.25, -0.2) is 4.39 Å². The van der Waals surface area contributed by atoms with Gasteiger partial charge in [-0.05, 0) is 60.7 Å². The molecule has 1 amide bonds. The van der Waals surface area contributed by atoms with Crippen LogP contribution in [0.1, 0.15) is 56.2 Å². The van der Waals surface area contributed by atoms with E-state index >= 15 is 0 Å². The third-order valence-corrected chi connectivity index (χ3v) is 9.92. The number of halogens is 1. The number of nitrogens with one attached hydrogen (secondary N) is 2. The van der Waals surface area contributed by atoms with E-state index < -0.39 is 0 Å². The van der Waals surface area contributed by atoms with Crippen LogP contribution < -0.4 is 0 Å². The molecular weight excluding hydrogens is 836 g/mol. The number of carbonyl (C=O) groups is 1. The molecule has 2 aliphatic rings. The summed E-state index contributed by atoms with van der Waals surface area (Å²) in [6.45, 7) is 16.1. The van der Waals surface area contributed by atoms with Crippen LogP contribution in [-0.2, 0) is 74.2 Å².